The monoisotopic (exact) mass is 577 g/mol. The zero-order chi connectivity index (χ0) is 29.6. The Morgan fingerprint density at radius 1 is 0.907 bits per heavy atom. The summed E-state index contributed by atoms with van der Waals surface area (Å²) in [7, 11) is 1.68. The third-order valence-electron chi connectivity index (χ3n) is 9.52. The van der Waals surface area contributed by atoms with E-state index in [1.54, 1.807) is 7.11 Å². The van der Waals surface area contributed by atoms with Crippen molar-refractivity contribution in [3.63, 3.8) is 0 Å². The van der Waals surface area contributed by atoms with Gasteiger partial charge in [-0.3, -0.25) is 4.79 Å². The summed E-state index contributed by atoms with van der Waals surface area (Å²) < 4.78 is 6.52. The Hall–Kier alpha value is -3.74. The second-order valence-electron chi connectivity index (χ2n) is 12.2. The number of benzene rings is 3. The van der Waals surface area contributed by atoms with Gasteiger partial charge in [0.1, 0.15) is 12.3 Å². The summed E-state index contributed by atoms with van der Waals surface area (Å²) in [6.07, 6.45) is 8.29. The molecule has 224 valence electrons. The highest BCUT2D eigenvalue weighted by molar-refractivity contribution is 6.09. The molecule has 0 saturated carbocycles. The molecule has 0 aliphatic carbocycles. The Morgan fingerprint density at radius 3 is 2.26 bits per heavy atom. The maximum Gasteiger partial charge on any atom is 0.253 e. The van der Waals surface area contributed by atoms with E-state index in [2.05, 4.69) is 53.6 Å². The van der Waals surface area contributed by atoms with Gasteiger partial charge >= 0.3 is 0 Å². The molecule has 1 atom stereocenters. The van der Waals surface area contributed by atoms with Crippen LogP contribution >= 0.6 is 0 Å². The Bertz CT molecular complexity index is 1530. The van der Waals surface area contributed by atoms with Gasteiger partial charge in [0, 0.05) is 35.7 Å². The molecule has 2 fully saturated rings. The smallest absolute Gasteiger partial charge is 0.253 e. The minimum atomic E-state index is -0.0802. The van der Waals surface area contributed by atoms with Crippen LogP contribution in [0.2, 0.25) is 0 Å². The maximum atomic E-state index is 14.7. The highest BCUT2D eigenvalue weighted by Gasteiger charge is 2.40. The summed E-state index contributed by atoms with van der Waals surface area (Å²) in [5.41, 5.74) is 5.65. The molecule has 4 aromatic rings. The molecule has 3 heterocycles. The lowest BCUT2D eigenvalue weighted by atomic mass is 9.93. The summed E-state index contributed by atoms with van der Waals surface area (Å²) in [5.74, 6) is 0.705. The van der Waals surface area contributed by atoms with E-state index in [-0.39, 0.29) is 11.9 Å². The topological polar surface area (TPSA) is 54.5 Å². The number of aromatic nitrogens is 1. The second-order valence-corrected chi connectivity index (χ2v) is 12.2. The molecule has 6 nitrogen and oxygen atoms in total. The number of hydrogen-bond acceptors (Lipinski definition) is 4. The predicted octanol–water partition coefficient (Wildman–Crippen LogP) is 7.69. The van der Waals surface area contributed by atoms with Crippen molar-refractivity contribution >= 4 is 16.8 Å². The number of likely N-dealkylation sites (tertiary alicyclic amines) is 1. The Labute approximate surface area is 256 Å². The number of methoxy groups -OCH3 is 1. The molecular weight excluding hydrogens is 532 g/mol. The van der Waals surface area contributed by atoms with Gasteiger partial charge in [-0.15, -0.1) is 0 Å². The predicted molar refractivity (Wildman–Crippen MR) is 174 cm³/mol. The quantitative estimate of drug-likeness (QED) is 0.207. The summed E-state index contributed by atoms with van der Waals surface area (Å²) in [6.45, 7) is 7.35. The fraction of sp³-hybridized carbons (Fsp3) is 0.405. The lowest BCUT2D eigenvalue weighted by Crippen LogP contribution is -2.63. The van der Waals surface area contributed by atoms with E-state index in [4.69, 9.17) is 9.72 Å². The van der Waals surface area contributed by atoms with Crippen molar-refractivity contribution in [2.75, 3.05) is 33.3 Å². The van der Waals surface area contributed by atoms with Crippen molar-refractivity contribution in [3.05, 3.63) is 95.6 Å². The van der Waals surface area contributed by atoms with Crippen LogP contribution in [0.15, 0.2) is 78.9 Å². The molecule has 6 heteroatoms. The molecule has 0 radical (unpaired) electrons. The first-order valence-corrected chi connectivity index (χ1v) is 16.2. The first-order valence-electron chi connectivity index (χ1n) is 16.2. The molecule has 1 aromatic heterocycles. The highest BCUT2D eigenvalue weighted by atomic mass is 16.5. The molecule has 2 aliphatic heterocycles. The number of nitrogens with zero attached hydrogens (tertiary/aromatic N) is 3. The van der Waals surface area contributed by atoms with E-state index in [1.165, 1.54) is 38.5 Å². The van der Waals surface area contributed by atoms with Crippen molar-refractivity contribution in [2.45, 2.75) is 64.5 Å². The van der Waals surface area contributed by atoms with E-state index in [0.717, 1.165) is 88.3 Å². The fourth-order valence-corrected chi connectivity index (χ4v) is 7.23. The molecule has 3 aromatic carbocycles. The van der Waals surface area contributed by atoms with E-state index < -0.39 is 0 Å². The van der Waals surface area contributed by atoms with Gasteiger partial charge in [0.15, 0.2) is 0 Å². The van der Waals surface area contributed by atoms with Crippen LogP contribution in [0.4, 0.5) is 0 Å². The third kappa shape index (κ3) is 6.17. The molecular formula is C37H45N4O2+. The second kappa shape index (κ2) is 13.3. The number of nitrogens with one attached hydrogen (secondary N) is 1. The number of carbonyl (C=O) groups excluding carboxylic acids is 1. The molecule has 0 unspecified atom stereocenters. The number of ether oxygens (including phenoxy) is 1. The number of amides is 1. The van der Waals surface area contributed by atoms with Gasteiger partial charge in [-0.1, -0.05) is 74.0 Å². The maximum absolute atomic E-state index is 14.7. The summed E-state index contributed by atoms with van der Waals surface area (Å²) in [4.78, 5) is 20.0. The molecule has 0 bridgehead atoms. The number of pyridine rings is 1. The normalized spacial score (nSPS) is 17.8. The third-order valence-corrected chi connectivity index (χ3v) is 9.52. The molecule has 2 saturated heterocycles. The van der Waals surface area contributed by atoms with E-state index >= 15 is 0 Å². The van der Waals surface area contributed by atoms with E-state index in [0.29, 0.717) is 0 Å². The van der Waals surface area contributed by atoms with Crippen LogP contribution in [0, 0.1) is 0 Å². The fourth-order valence-electron chi connectivity index (χ4n) is 7.23. The minimum absolute atomic E-state index is 0.0331. The zero-order valence-electron chi connectivity index (χ0n) is 25.7. The van der Waals surface area contributed by atoms with E-state index in [1.807, 2.05) is 42.5 Å². The Kier molecular flexibility index (Phi) is 9.06. The van der Waals surface area contributed by atoms with Gasteiger partial charge in [0.05, 0.1) is 43.0 Å². The SMILES string of the molecule is CC[C@H](NC(=O)c1c(C[N+]2(N3CCCCC3)CCCCC2)c(-c2ccccc2)nc2cc(OC)ccc12)c1ccccc1. The van der Waals surface area contributed by atoms with Crippen molar-refractivity contribution < 1.29 is 14.1 Å². The average molecular weight is 578 g/mol. The number of carbonyl (C=O) groups is 1. The van der Waals surface area contributed by atoms with Gasteiger partial charge in [0.2, 0.25) is 0 Å². The summed E-state index contributed by atoms with van der Waals surface area (Å²) in [5, 5.41) is 7.05. The van der Waals surface area contributed by atoms with Crippen LogP contribution < -0.4 is 10.1 Å². The van der Waals surface area contributed by atoms with Crippen LogP contribution in [-0.4, -0.2) is 53.8 Å². The first-order chi connectivity index (χ1) is 21.1. The van der Waals surface area contributed by atoms with Crippen LogP contribution in [0.3, 0.4) is 0 Å². The van der Waals surface area contributed by atoms with Gasteiger partial charge in [-0.2, -0.15) is 5.01 Å². The summed E-state index contributed by atoms with van der Waals surface area (Å²) >= 11 is 0. The van der Waals surface area contributed by atoms with Gasteiger partial charge in [-0.25, -0.2) is 9.58 Å². The largest absolute Gasteiger partial charge is 0.497 e. The summed E-state index contributed by atoms with van der Waals surface area (Å²) in [6, 6.07) is 26.6. The van der Waals surface area contributed by atoms with Crippen LogP contribution in [0.25, 0.3) is 22.2 Å². The molecule has 2 aliphatic rings. The number of piperidine rings is 2. The van der Waals surface area contributed by atoms with E-state index in [9.17, 15) is 4.79 Å². The average Bonchev–Trinajstić information content (AvgIpc) is 3.08. The van der Waals surface area contributed by atoms with Crippen molar-refractivity contribution in [1.29, 1.82) is 0 Å². The number of rotatable bonds is 9. The number of quaternary nitrogens is 1. The Morgan fingerprint density at radius 2 is 1.58 bits per heavy atom. The van der Waals surface area contributed by atoms with Gasteiger partial charge < -0.3 is 10.1 Å². The molecule has 0 spiro atoms. The molecule has 1 N–H and O–H groups in total. The van der Waals surface area contributed by atoms with Crippen LogP contribution in [-0.2, 0) is 6.54 Å². The molecule has 6 rings (SSSR count). The lowest BCUT2D eigenvalue weighted by molar-refractivity contribution is -1.05. The minimum Gasteiger partial charge on any atom is -0.497 e. The van der Waals surface area contributed by atoms with Gasteiger partial charge in [-0.05, 0) is 56.2 Å². The van der Waals surface area contributed by atoms with Crippen molar-refractivity contribution in [3.8, 4) is 17.0 Å². The van der Waals surface area contributed by atoms with Crippen LogP contribution in [0.5, 0.6) is 5.75 Å². The zero-order valence-corrected chi connectivity index (χ0v) is 25.7. The standard InChI is InChI=1S/C37H44N4O2/c1-3-33(28-16-8-4-9-17-28)39-37(42)35-31-21-20-30(43-2)26-34(31)38-36(29-18-10-5-11-19-29)32(35)27-41(24-14-7-15-25-41)40-22-12-6-13-23-40/h4-5,8-11,16-21,26,33H,3,6-7,12-15,22-25,27H2,1-2H3/p+1/t33-/m0/s1. The van der Waals surface area contributed by atoms with Crippen molar-refractivity contribution in [2.24, 2.45) is 0 Å². The highest BCUT2D eigenvalue weighted by Crippen LogP contribution is 2.37. The lowest BCUT2D eigenvalue weighted by Gasteiger charge is -2.49. The molecule has 43 heavy (non-hydrogen) atoms. The van der Waals surface area contributed by atoms with Gasteiger partial charge in [0.25, 0.3) is 5.91 Å². The number of fused-ring (bicyclic) bond motifs is 1. The number of hydrogen-bond donors (Lipinski definition) is 1. The Balaban J connectivity index is 1.55. The first kappa shape index (κ1) is 29.3. The van der Waals surface area contributed by atoms with Crippen LogP contribution in [0.1, 0.15) is 79.4 Å². The van der Waals surface area contributed by atoms with Crippen molar-refractivity contribution in [1.82, 2.24) is 15.3 Å². The molecule has 1 amide bonds.